The van der Waals surface area contributed by atoms with E-state index in [2.05, 4.69) is 25.6 Å². The van der Waals surface area contributed by atoms with Crippen LogP contribution in [0.2, 0.25) is 5.02 Å². The standard InChI is InChI=1S/C33H31ClN6O3/c1-40(2)17-7-11-30(41)39-28-14-13-27-32(31(28)22-8-6-10-25(18-22)42-3)33(37-21-36-27)38-23-12-15-29(26(34)19-23)43-20-24-9-4-5-16-35-24/h4-16,18-19,21H,17,20H2,1-3H3,(H,39,41)(H,36,37,38)/b11-7+. The van der Waals surface area contributed by atoms with Crippen molar-refractivity contribution in [2.75, 3.05) is 38.4 Å². The summed E-state index contributed by atoms with van der Waals surface area (Å²) in [5.41, 5.74) is 4.37. The van der Waals surface area contributed by atoms with Crippen LogP contribution < -0.4 is 20.1 Å². The van der Waals surface area contributed by atoms with Gasteiger partial charge in [-0.3, -0.25) is 9.78 Å². The monoisotopic (exact) mass is 594 g/mol. The van der Waals surface area contributed by atoms with Crippen LogP contribution in [0.5, 0.6) is 11.5 Å². The smallest absolute Gasteiger partial charge is 0.248 e. The molecule has 0 saturated carbocycles. The zero-order valence-electron chi connectivity index (χ0n) is 24.0. The Balaban J connectivity index is 1.52. The Morgan fingerprint density at radius 2 is 1.88 bits per heavy atom. The van der Waals surface area contributed by atoms with Gasteiger partial charge in [-0.25, -0.2) is 9.97 Å². The predicted octanol–water partition coefficient (Wildman–Crippen LogP) is 6.73. The van der Waals surface area contributed by atoms with Crippen molar-refractivity contribution in [3.05, 3.63) is 108 Å². The average molecular weight is 595 g/mol. The molecule has 43 heavy (non-hydrogen) atoms. The molecule has 218 valence electrons. The number of methoxy groups -OCH3 is 1. The highest BCUT2D eigenvalue weighted by Crippen LogP contribution is 2.40. The fraction of sp³-hybridized carbons (Fsp3) is 0.152. The van der Waals surface area contributed by atoms with Gasteiger partial charge >= 0.3 is 0 Å². The van der Waals surface area contributed by atoms with Crippen molar-refractivity contribution in [1.82, 2.24) is 19.9 Å². The third kappa shape index (κ3) is 7.45. The van der Waals surface area contributed by atoms with Crippen LogP contribution in [0.15, 0.2) is 97.5 Å². The van der Waals surface area contributed by atoms with Gasteiger partial charge in [0.15, 0.2) is 0 Å². The van der Waals surface area contributed by atoms with Gasteiger partial charge in [0.05, 0.1) is 28.7 Å². The van der Waals surface area contributed by atoms with E-state index in [1.807, 2.05) is 85.7 Å². The maximum Gasteiger partial charge on any atom is 0.248 e. The molecule has 2 heterocycles. The maximum atomic E-state index is 12.9. The lowest BCUT2D eigenvalue weighted by molar-refractivity contribution is -0.111. The Hall–Kier alpha value is -4.99. The molecule has 3 aromatic carbocycles. The topological polar surface area (TPSA) is 102 Å². The Labute approximate surface area is 255 Å². The largest absolute Gasteiger partial charge is 0.497 e. The Bertz CT molecular complexity index is 1760. The van der Waals surface area contributed by atoms with Gasteiger partial charge in [0.25, 0.3) is 0 Å². The van der Waals surface area contributed by atoms with Crippen molar-refractivity contribution >= 4 is 45.6 Å². The molecule has 9 nitrogen and oxygen atoms in total. The second kappa shape index (κ2) is 13.8. The van der Waals surface area contributed by atoms with Gasteiger partial charge in [0.2, 0.25) is 5.91 Å². The van der Waals surface area contributed by atoms with Crippen LogP contribution in [0.3, 0.4) is 0 Å². The lowest BCUT2D eigenvalue weighted by atomic mass is 9.98. The summed E-state index contributed by atoms with van der Waals surface area (Å²) in [4.78, 5) is 28.3. The van der Waals surface area contributed by atoms with Gasteiger partial charge in [-0.1, -0.05) is 35.9 Å². The van der Waals surface area contributed by atoms with Crippen LogP contribution in [0.1, 0.15) is 5.69 Å². The van der Waals surface area contributed by atoms with E-state index < -0.39 is 0 Å². The molecule has 0 aliphatic heterocycles. The highest BCUT2D eigenvalue weighted by Gasteiger charge is 2.18. The molecule has 0 aliphatic rings. The first-order valence-corrected chi connectivity index (χ1v) is 13.9. The van der Waals surface area contributed by atoms with Gasteiger partial charge in [0, 0.05) is 35.8 Å². The minimum atomic E-state index is -0.246. The molecule has 0 fully saturated rings. The second-order valence-electron chi connectivity index (χ2n) is 9.87. The molecule has 2 aromatic heterocycles. The first-order chi connectivity index (χ1) is 20.9. The normalized spacial score (nSPS) is 11.2. The van der Waals surface area contributed by atoms with Crippen LogP contribution in [0, 0.1) is 0 Å². The number of anilines is 3. The zero-order valence-corrected chi connectivity index (χ0v) is 24.8. The molecule has 0 atom stereocenters. The van der Waals surface area contributed by atoms with Gasteiger partial charge in [0.1, 0.15) is 30.3 Å². The minimum Gasteiger partial charge on any atom is -0.497 e. The fourth-order valence-electron chi connectivity index (χ4n) is 4.44. The number of likely N-dealkylation sites (N-methyl/N-ethyl adjacent to an activating group) is 1. The molecule has 0 spiro atoms. The van der Waals surface area contributed by atoms with Gasteiger partial charge < -0.3 is 25.0 Å². The summed E-state index contributed by atoms with van der Waals surface area (Å²) in [5, 5.41) is 7.58. The number of benzene rings is 3. The first kappa shape index (κ1) is 29.5. The highest BCUT2D eigenvalue weighted by molar-refractivity contribution is 6.32. The van der Waals surface area contributed by atoms with Crippen LogP contribution in [-0.4, -0.2) is 53.5 Å². The molecule has 0 unspecified atom stereocenters. The molecule has 5 rings (SSSR count). The van der Waals surface area contributed by atoms with E-state index in [-0.39, 0.29) is 5.91 Å². The van der Waals surface area contributed by atoms with Crippen LogP contribution in [-0.2, 0) is 11.4 Å². The molecular formula is C33H31ClN6O3. The molecule has 0 saturated heterocycles. The van der Waals surface area contributed by atoms with Crippen LogP contribution in [0.25, 0.3) is 22.0 Å². The number of hydrogen-bond acceptors (Lipinski definition) is 8. The Kier molecular flexibility index (Phi) is 9.46. The Morgan fingerprint density at radius 1 is 1.00 bits per heavy atom. The number of pyridine rings is 1. The fourth-order valence-corrected chi connectivity index (χ4v) is 4.68. The van der Waals surface area contributed by atoms with Crippen LogP contribution in [0.4, 0.5) is 17.2 Å². The van der Waals surface area contributed by atoms with E-state index in [0.717, 1.165) is 22.2 Å². The molecule has 0 radical (unpaired) electrons. The van der Waals surface area contributed by atoms with E-state index in [1.165, 1.54) is 12.4 Å². The van der Waals surface area contributed by atoms with Crippen molar-refractivity contribution in [2.45, 2.75) is 6.61 Å². The number of amides is 1. The Morgan fingerprint density at radius 3 is 2.65 bits per heavy atom. The zero-order chi connectivity index (χ0) is 30.2. The van der Waals surface area contributed by atoms with E-state index in [1.54, 1.807) is 25.4 Å². The lowest BCUT2D eigenvalue weighted by Gasteiger charge is -2.17. The van der Waals surface area contributed by atoms with E-state index in [0.29, 0.717) is 52.4 Å². The first-order valence-electron chi connectivity index (χ1n) is 13.5. The third-order valence-electron chi connectivity index (χ3n) is 6.46. The van der Waals surface area contributed by atoms with E-state index in [9.17, 15) is 4.79 Å². The summed E-state index contributed by atoms with van der Waals surface area (Å²) < 4.78 is 11.4. The van der Waals surface area contributed by atoms with Crippen LogP contribution >= 0.6 is 11.6 Å². The van der Waals surface area contributed by atoms with Crippen molar-refractivity contribution in [2.24, 2.45) is 0 Å². The summed E-state index contributed by atoms with van der Waals surface area (Å²) in [6.45, 7) is 0.942. The average Bonchev–Trinajstić information content (AvgIpc) is 3.01. The number of nitrogens with one attached hydrogen (secondary N) is 2. The van der Waals surface area contributed by atoms with E-state index in [4.69, 9.17) is 21.1 Å². The number of rotatable bonds is 11. The maximum absolute atomic E-state index is 12.9. The van der Waals surface area contributed by atoms with Gasteiger partial charge in [-0.2, -0.15) is 0 Å². The number of carbonyl (C=O) groups is 1. The van der Waals surface area contributed by atoms with E-state index >= 15 is 0 Å². The molecule has 0 bridgehead atoms. The molecular weight excluding hydrogens is 564 g/mol. The van der Waals surface area contributed by atoms with Crippen molar-refractivity contribution < 1.29 is 14.3 Å². The summed E-state index contributed by atoms with van der Waals surface area (Å²) in [5.74, 6) is 1.51. The number of hydrogen-bond donors (Lipinski definition) is 2. The predicted molar refractivity (Wildman–Crippen MR) is 171 cm³/mol. The van der Waals surface area contributed by atoms with Crippen molar-refractivity contribution in [1.29, 1.82) is 0 Å². The SMILES string of the molecule is COc1cccc(-c2c(NC(=O)/C=C/CN(C)C)ccc3ncnc(Nc4ccc(OCc5ccccn5)c(Cl)c4)c23)c1. The number of fused-ring (bicyclic) bond motifs is 1. The number of nitrogens with zero attached hydrogens (tertiary/aromatic N) is 4. The third-order valence-corrected chi connectivity index (χ3v) is 6.75. The molecule has 2 N–H and O–H groups in total. The number of aromatic nitrogens is 3. The van der Waals surface area contributed by atoms with Crippen molar-refractivity contribution in [3.8, 4) is 22.6 Å². The van der Waals surface area contributed by atoms with Gasteiger partial charge in [-0.05, 0) is 74.3 Å². The highest BCUT2D eigenvalue weighted by atomic mass is 35.5. The molecule has 0 aliphatic carbocycles. The van der Waals surface area contributed by atoms with Crippen molar-refractivity contribution in [3.63, 3.8) is 0 Å². The lowest BCUT2D eigenvalue weighted by Crippen LogP contribution is -2.13. The summed E-state index contributed by atoms with van der Waals surface area (Å²) in [6.07, 6.45) is 6.55. The summed E-state index contributed by atoms with van der Waals surface area (Å²) >= 11 is 6.60. The molecule has 10 heteroatoms. The molecule has 5 aromatic rings. The summed E-state index contributed by atoms with van der Waals surface area (Å²) in [6, 6.07) is 22.4. The molecule has 1 amide bonds. The second-order valence-corrected chi connectivity index (χ2v) is 10.3. The number of ether oxygens (including phenoxy) is 2. The number of halogens is 1. The summed E-state index contributed by atoms with van der Waals surface area (Å²) in [7, 11) is 5.50. The number of carbonyl (C=O) groups excluding carboxylic acids is 1. The minimum absolute atomic E-state index is 0.246. The quantitative estimate of drug-likeness (QED) is 0.162. The van der Waals surface area contributed by atoms with Gasteiger partial charge in [-0.15, -0.1) is 0 Å².